The Labute approximate surface area is 184 Å². The summed E-state index contributed by atoms with van der Waals surface area (Å²) < 4.78 is 2.02. The Balaban J connectivity index is 1.71. The first-order chi connectivity index (χ1) is 13.9. The predicted octanol–water partition coefficient (Wildman–Crippen LogP) is 5.70. The summed E-state index contributed by atoms with van der Waals surface area (Å²) in [5.74, 6) is 1.23. The minimum atomic E-state index is -0.324. The fourth-order valence-corrected chi connectivity index (χ4v) is 4.33. The topological polar surface area (TPSA) is 59.8 Å². The van der Waals surface area contributed by atoms with Gasteiger partial charge < -0.3 is 9.88 Å². The summed E-state index contributed by atoms with van der Waals surface area (Å²) in [4.78, 5) is 12.6. The van der Waals surface area contributed by atoms with Gasteiger partial charge in [-0.15, -0.1) is 10.2 Å². The molecule has 8 heteroatoms. The summed E-state index contributed by atoms with van der Waals surface area (Å²) in [5, 5.41) is 13.2. The van der Waals surface area contributed by atoms with Crippen molar-refractivity contribution in [1.82, 2.24) is 20.1 Å². The molecular formula is C21H22Cl2N4OS. The van der Waals surface area contributed by atoms with Gasteiger partial charge in [0, 0.05) is 17.3 Å². The molecule has 0 bridgehead atoms. The van der Waals surface area contributed by atoms with Crippen LogP contribution in [-0.4, -0.2) is 20.7 Å². The highest BCUT2D eigenvalue weighted by Crippen LogP contribution is 2.25. The van der Waals surface area contributed by atoms with Crippen molar-refractivity contribution in [3.05, 3.63) is 75.0 Å². The van der Waals surface area contributed by atoms with Crippen LogP contribution in [0.4, 0.5) is 0 Å². The highest BCUT2D eigenvalue weighted by Gasteiger charge is 2.20. The van der Waals surface area contributed by atoms with Gasteiger partial charge in [-0.3, -0.25) is 4.79 Å². The molecule has 0 spiro atoms. The second-order valence-corrected chi connectivity index (χ2v) is 8.46. The van der Waals surface area contributed by atoms with E-state index in [9.17, 15) is 4.79 Å². The van der Waals surface area contributed by atoms with Crippen molar-refractivity contribution in [2.45, 2.75) is 44.3 Å². The minimum absolute atomic E-state index is 0.279. The molecule has 3 rings (SSSR count). The second kappa shape index (κ2) is 9.65. The zero-order valence-corrected chi connectivity index (χ0v) is 18.8. The Kier molecular flexibility index (Phi) is 7.22. The summed E-state index contributed by atoms with van der Waals surface area (Å²) in [5.41, 5.74) is 2.84. The molecule has 1 aromatic heterocycles. The van der Waals surface area contributed by atoms with Gasteiger partial charge in [0.1, 0.15) is 0 Å². The van der Waals surface area contributed by atoms with E-state index >= 15 is 0 Å². The van der Waals surface area contributed by atoms with Crippen LogP contribution in [0.2, 0.25) is 10.0 Å². The summed E-state index contributed by atoms with van der Waals surface area (Å²) >= 11 is 13.7. The number of hydrogen-bond acceptors (Lipinski definition) is 4. The number of aryl methyl sites for hydroxylation is 1. The van der Waals surface area contributed by atoms with Crippen molar-refractivity contribution in [1.29, 1.82) is 0 Å². The lowest BCUT2D eigenvalue weighted by atomic mass is 10.2. The molecule has 0 saturated carbocycles. The van der Waals surface area contributed by atoms with E-state index in [1.54, 1.807) is 30.0 Å². The molecule has 2 aromatic carbocycles. The molecular weight excluding hydrogens is 427 g/mol. The van der Waals surface area contributed by atoms with E-state index in [4.69, 9.17) is 23.2 Å². The smallest absolute Gasteiger partial charge is 0.253 e. The number of amides is 1. The highest BCUT2D eigenvalue weighted by atomic mass is 35.5. The third-order valence-electron chi connectivity index (χ3n) is 4.46. The molecule has 0 saturated heterocycles. The lowest BCUT2D eigenvalue weighted by Crippen LogP contribution is -2.29. The number of aromatic nitrogens is 3. The molecule has 0 aliphatic heterocycles. The number of carbonyl (C=O) groups is 1. The number of nitrogens with one attached hydrogen (secondary N) is 1. The summed E-state index contributed by atoms with van der Waals surface area (Å²) in [6.45, 7) is 6.70. The van der Waals surface area contributed by atoms with E-state index in [0.717, 1.165) is 10.9 Å². The van der Waals surface area contributed by atoms with Gasteiger partial charge in [-0.1, -0.05) is 64.8 Å². The van der Waals surface area contributed by atoms with E-state index in [2.05, 4.69) is 46.7 Å². The van der Waals surface area contributed by atoms with Crippen LogP contribution in [0.3, 0.4) is 0 Å². The Bertz CT molecular complexity index is 1000. The molecule has 1 heterocycles. The maximum atomic E-state index is 12.6. The van der Waals surface area contributed by atoms with Crippen LogP contribution in [0.25, 0.3) is 0 Å². The number of halogens is 2. The Morgan fingerprint density at radius 1 is 1.17 bits per heavy atom. The van der Waals surface area contributed by atoms with E-state index in [0.29, 0.717) is 28.0 Å². The molecule has 3 aromatic rings. The molecule has 1 N–H and O–H groups in total. The normalized spacial score (nSPS) is 12.0. The van der Waals surface area contributed by atoms with Crippen LogP contribution < -0.4 is 5.32 Å². The minimum Gasteiger partial charge on any atom is -0.342 e. The number of benzene rings is 2. The Morgan fingerprint density at radius 3 is 2.55 bits per heavy atom. The predicted molar refractivity (Wildman–Crippen MR) is 119 cm³/mol. The molecule has 0 radical (unpaired) electrons. The molecule has 152 valence electrons. The lowest BCUT2D eigenvalue weighted by Gasteiger charge is -2.15. The maximum Gasteiger partial charge on any atom is 0.253 e. The average molecular weight is 449 g/mol. The van der Waals surface area contributed by atoms with Crippen LogP contribution in [-0.2, 0) is 12.3 Å². The zero-order valence-electron chi connectivity index (χ0n) is 16.4. The van der Waals surface area contributed by atoms with Crippen molar-refractivity contribution >= 4 is 40.9 Å². The van der Waals surface area contributed by atoms with Crippen molar-refractivity contribution in [3.8, 4) is 0 Å². The number of nitrogens with zero attached hydrogens (tertiary/aromatic N) is 3. The summed E-state index contributed by atoms with van der Waals surface area (Å²) in [7, 11) is 0. The van der Waals surface area contributed by atoms with E-state index in [-0.39, 0.29) is 11.9 Å². The molecule has 0 fully saturated rings. The standard InChI is InChI=1S/C21H22Cl2N4OS/c1-4-27-19(14(3)24-20(28)17-10-9-16(22)11-18(17)23)25-26-21(27)29-12-15-7-5-13(2)6-8-15/h5-11,14H,4,12H2,1-3H3,(H,24,28)/t14-/m0/s1. The van der Waals surface area contributed by atoms with Gasteiger partial charge in [-0.2, -0.15) is 0 Å². The average Bonchev–Trinajstić information content (AvgIpc) is 3.10. The van der Waals surface area contributed by atoms with Crippen LogP contribution in [0, 0.1) is 6.92 Å². The quantitative estimate of drug-likeness (QED) is 0.471. The van der Waals surface area contributed by atoms with Crippen LogP contribution >= 0.6 is 35.0 Å². The van der Waals surface area contributed by atoms with Gasteiger partial charge in [0.15, 0.2) is 11.0 Å². The van der Waals surface area contributed by atoms with Gasteiger partial charge in [0.2, 0.25) is 0 Å². The molecule has 5 nitrogen and oxygen atoms in total. The Hall–Kier alpha value is -2.02. The molecule has 1 amide bonds. The van der Waals surface area contributed by atoms with Gasteiger partial charge in [0.25, 0.3) is 5.91 Å². The van der Waals surface area contributed by atoms with Gasteiger partial charge in [0.05, 0.1) is 16.6 Å². The largest absolute Gasteiger partial charge is 0.342 e. The maximum absolute atomic E-state index is 12.6. The first-order valence-corrected chi connectivity index (χ1v) is 11.0. The summed E-state index contributed by atoms with van der Waals surface area (Å²) in [6.07, 6.45) is 0. The van der Waals surface area contributed by atoms with Crippen LogP contribution in [0.1, 0.15) is 47.2 Å². The third-order valence-corrected chi connectivity index (χ3v) is 6.05. The highest BCUT2D eigenvalue weighted by molar-refractivity contribution is 7.98. The second-order valence-electron chi connectivity index (χ2n) is 6.68. The fraction of sp³-hybridized carbons (Fsp3) is 0.286. The number of carbonyl (C=O) groups excluding carboxylic acids is 1. The van der Waals surface area contributed by atoms with Gasteiger partial charge >= 0.3 is 0 Å². The van der Waals surface area contributed by atoms with Crippen molar-refractivity contribution in [3.63, 3.8) is 0 Å². The van der Waals surface area contributed by atoms with E-state index in [1.165, 1.54) is 11.1 Å². The van der Waals surface area contributed by atoms with E-state index < -0.39 is 0 Å². The first kappa shape index (κ1) is 21.7. The molecule has 1 atom stereocenters. The molecule has 29 heavy (non-hydrogen) atoms. The molecule has 0 aliphatic rings. The monoisotopic (exact) mass is 448 g/mol. The Morgan fingerprint density at radius 2 is 1.90 bits per heavy atom. The molecule has 0 unspecified atom stereocenters. The van der Waals surface area contributed by atoms with E-state index in [1.807, 2.05) is 18.4 Å². The molecule has 0 aliphatic carbocycles. The third kappa shape index (κ3) is 5.32. The number of rotatable bonds is 7. The van der Waals surface area contributed by atoms with Gasteiger partial charge in [-0.25, -0.2) is 0 Å². The fourth-order valence-electron chi connectivity index (χ4n) is 2.87. The van der Waals surface area contributed by atoms with Crippen LogP contribution in [0.15, 0.2) is 47.6 Å². The first-order valence-electron chi connectivity index (χ1n) is 9.26. The van der Waals surface area contributed by atoms with Crippen LogP contribution in [0.5, 0.6) is 0 Å². The van der Waals surface area contributed by atoms with Crippen molar-refractivity contribution in [2.24, 2.45) is 0 Å². The zero-order chi connectivity index (χ0) is 21.0. The van der Waals surface area contributed by atoms with Gasteiger partial charge in [-0.05, 0) is 44.5 Å². The van der Waals surface area contributed by atoms with Crippen molar-refractivity contribution in [2.75, 3.05) is 0 Å². The summed E-state index contributed by atoms with van der Waals surface area (Å²) in [6, 6.07) is 12.9. The number of hydrogen-bond donors (Lipinski definition) is 1. The van der Waals surface area contributed by atoms with Crippen molar-refractivity contribution < 1.29 is 4.79 Å². The number of thioether (sulfide) groups is 1. The lowest BCUT2D eigenvalue weighted by molar-refractivity contribution is 0.0937. The SMILES string of the molecule is CCn1c(SCc2ccc(C)cc2)nnc1[C@H](C)NC(=O)c1ccc(Cl)cc1Cl.